The van der Waals surface area contributed by atoms with E-state index in [-0.39, 0.29) is 10.8 Å². The zero-order valence-corrected chi connectivity index (χ0v) is 42.4. The van der Waals surface area contributed by atoms with E-state index in [0.29, 0.717) is 0 Å². The number of hydrogen-bond donors (Lipinski definition) is 0. The second-order valence-electron chi connectivity index (χ2n) is 22.4. The number of fused-ring (bicyclic) bond motifs is 16. The number of hydrogen-bond acceptors (Lipinski definition) is 3. The van der Waals surface area contributed by atoms with Crippen LogP contribution in [0, 0.1) is 0 Å². The van der Waals surface area contributed by atoms with Gasteiger partial charge < -0.3 is 14.2 Å². The molecule has 0 aliphatic rings. The van der Waals surface area contributed by atoms with Crippen LogP contribution in [0.4, 0.5) is 34.1 Å². The third kappa shape index (κ3) is 5.95. The first-order valence-corrected chi connectivity index (χ1v) is 26.0. The fraction of sp³-hybridized carbons (Fsp3) is 0.116. The third-order valence-electron chi connectivity index (χ3n) is 16.0. The molecule has 5 nitrogen and oxygen atoms in total. The van der Waals surface area contributed by atoms with Crippen molar-refractivity contribution in [3.63, 3.8) is 0 Å². The topological polar surface area (TPSA) is 28.2 Å². The van der Waals surface area contributed by atoms with E-state index in [1.165, 1.54) is 92.3 Å². The van der Waals surface area contributed by atoms with Crippen molar-refractivity contribution in [2.75, 3.05) is 9.80 Å². The Kier molecular flexibility index (Phi) is 8.83. The summed E-state index contributed by atoms with van der Waals surface area (Å²) in [5.41, 5.74) is 15.8. The molecule has 0 atom stereocenters. The van der Waals surface area contributed by atoms with Gasteiger partial charge in [-0.2, -0.15) is 0 Å². The van der Waals surface area contributed by atoms with Crippen LogP contribution in [0.15, 0.2) is 212 Å². The van der Waals surface area contributed by atoms with Gasteiger partial charge in [0.15, 0.2) is 0 Å². The molecular formula is C69H53N5. The number of nitrogens with zero attached hydrogens (tertiary/aromatic N) is 5. The van der Waals surface area contributed by atoms with Gasteiger partial charge in [-0.25, -0.2) is 4.98 Å². The minimum atomic E-state index is -0.135. The third-order valence-corrected chi connectivity index (χ3v) is 16.0. The summed E-state index contributed by atoms with van der Waals surface area (Å²) in [7, 11) is 0. The van der Waals surface area contributed by atoms with Crippen LogP contribution in [0.5, 0.6) is 0 Å². The Labute approximate surface area is 429 Å². The highest BCUT2D eigenvalue weighted by Crippen LogP contribution is 2.54. The Morgan fingerprint density at radius 1 is 0.351 bits per heavy atom. The van der Waals surface area contributed by atoms with Crippen molar-refractivity contribution in [3.05, 3.63) is 224 Å². The highest BCUT2D eigenvalue weighted by atomic mass is 15.2. The molecule has 5 heteroatoms. The molecule has 0 saturated carbocycles. The molecule has 15 aromatic rings. The second kappa shape index (κ2) is 15.3. The van der Waals surface area contributed by atoms with Crippen LogP contribution in [-0.2, 0) is 10.8 Å². The van der Waals surface area contributed by atoms with Gasteiger partial charge >= 0.3 is 0 Å². The van der Waals surface area contributed by atoms with Gasteiger partial charge in [-0.1, -0.05) is 163 Å². The van der Waals surface area contributed by atoms with Crippen LogP contribution in [0.25, 0.3) is 97.9 Å². The Hall–Kier alpha value is -8.93. The number of pyridine rings is 1. The summed E-state index contributed by atoms with van der Waals surface area (Å²) in [5, 5.41) is 14.7. The van der Waals surface area contributed by atoms with E-state index in [4.69, 9.17) is 4.98 Å². The standard InChI is InChI=1S/C69H53N5/c1-68(2,3)44-37-52-53-38-45(69(4,5)6)40-57(71(46-25-11-7-12-26-46)47-27-13-8-14-28-47)63(53)74-62(52)56(39-44)61-60-55-35-42-23-19-21-33-50(42)59-54-36-43-24-20-22-34-51(43)65(66(54)73(64(55)59)58(60)41-70-67(61)74)72(48-29-15-9-16-30-48)49-31-17-10-18-32-49/h7-41H,1-6H3. The molecule has 15 rings (SSSR count). The van der Waals surface area contributed by atoms with Crippen LogP contribution in [0.2, 0.25) is 0 Å². The van der Waals surface area contributed by atoms with Crippen molar-refractivity contribution in [2.24, 2.45) is 0 Å². The van der Waals surface area contributed by atoms with Crippen LogP contribution >= 0.6 is 0 Å². The largest absolute Gasteiger partial charge is 0.308 e. The molecule has 5 heterocycles. The summed E-state index contributed by atoms with van der Waals surface area (Å²) in [6.07, 6.45) is 2.19. The predicted molar refractivity (Wildman–Crippen MR) is 315 cm³/mol. The van der Waals surface area contributed by atoms with Crippen LogP contribution in [0.1, 0.15) is 52.7 Å². The normalized spacial score (nSPS) is 12.7. The van der Waals surface area contributed by atoms with Crippen molar-refractivity contribution in [2.45, 2.75) is 52.4 Å². The summed E-state index contributed by atoms with van der Waals surface area (Å²) >= 11 is 0. The summed E-state index contributed by atoms with van der Waals surface area (Å²) in [6.45, 7) is 14.1. The maximum Gasteiger partial charge on any atom is 0.146 e. The van der Waals surface area contributed by atoms with Gasteiger partial charge in [0.1, 0.15) is 5.65 Å². The van der Waals surface area contributed by atoms with E-state index in [0.717, 1.165) is 50.8 Å². The Morgan fingerprint density at radius 3 is 1.36 bits per heavy atom. The van der Waals surface area contributed by atoms with Crippen molar-refractivity contribution < 1.29 is 0 Å². The smallest absolute Gasteiger partial charge is 0.146 e. The Bertz CT molecular complexity index is 4630. The first kappa shape index (κ1) is 42.7. The van der Waals surface area contributed by atoms with Gasteiger partial charge in [0.05, 0.1) is 45.2 Å². The van der Waals surface area contributed by atoms with Gasteiger partial charge in [-0.15, -0.1) is 0 Å². The summed E-state index contributed by atoms with van der Waals surface area (Å²) in [4.78, 5) is 10.7. The molecule has 354 valence electrons. The van der Waals surface area contributed by atoms with E-state index in [9.17, 15) is 0 Å². The van der Waals surface area contributed by atoms with E-state index in [2.05, 4.69) is 273 Å². The van der Waals surface area contributed by atoms with Crippen molar-refractivity contribution in [1.82, 2.24) is 13.8 Å². The molecule has 74 heavy (non-hydrogen) atoms. The first-order valence-electron chi connectivity index (χ1n) is 26.0. The maximum absolute atomic E-state index is 5.79. The maximum atomic E-state index is 5.79. The van der Waals surface area contributed by atoms with E-state index >= 15 is 0 Å². The van der Waals surface area contributed by atoms with E-state index < -0.39 is 0 Å². The average Bonchev–Trinajstić information content (AvgIpc) is 4.26. The molecule has 0 aliphatic carbocycles. The number of benzene rings is 10. The molecule has 0 aliphatic heterocycles. The number of para-hydroxylation sites is 4. The molecule has 5 aromatic heterocycles. The zero-order chi connectivity index (χ0) is 49.8. The van der Waals surface area contributed by atoms with E-state index in [1.54, 1.807) is 0 Å². The van der Waals surface area contributed by atoms with Crippen LogP contribution in [-0.4, -0.2) is 13.8 Å². The lowest BCUT2D eigenvalue weighted by atomic mass is 9.84. The molecule has 0 spiro atoms. The van der Waals surface area contributed by atoms with Gasteiger partial charge in [0, 0.05) is 71.2 Å². The lowest BCUT2D eigenvalue weighted by Gasteiger charge is -2.29. The fourth-order valence-electron chi connectivity index (χ4n) is 12.5. The molecule has 0 radical (unpaired) electrons. The summed E-state index contributed by atoms with van der Waals surface area (Å²) in [5.74, 6) is 0. The van der Waals surface area contributed by atoms with Crippen molar-refractivity contribution in [3.8, 4) is 0 Å². The first-order chi connectivity index (χ1) is 36.0. The average molecular weight is 952 g/mol. The molecule has 0 N–H and O–H groups in total. The SMILES string of the molecule is CC(C)(C)c1cc(N(c2ccccc2)c2ccccc2)c2c(c1)c1cc(C(C)(C)C)cc3c4c5c6cc7ccccc7c7c8cc9ccccc9c(N(c9ccccc9)c9ccccc9)c8n(c5cnc4n2c13)c67. The second-order valence-corrected chi connectivity index (χ2v) is 22.4. The fourth-order valence-corrected chi connectivity index (χ4v) is 12.5. The predicted octanol–water partition coefficient (Wildman–Crippen LogP) is 19.2. The highest BCUT2D eigenvalue weighted by Gasteiger charge is 2.33. The van der Waals surface area contributed by atoms with Crippen molar-refractivity contribution >= 4 is 132 Å². The lowest BCUT2D eigenvalue weighted by Crippen LogP contribution is -2.15. The molecule has 0 bridgehead atoms. The Morgan fingerprint density at radius 2 is 0.797 bits per heavy atom. The highest BCUT2D eigenvalue weighted by molar-refractivity contribution is 6.40. The molecule has 10 aromatic carbocycles. The van der Waals surface area contributed by atoms with Gasteiger partial charge in [-0.05, 0) is 123 Å². The summed E-state index contributed by atoms with van der Waals surface area (Å²) in [6, 6.07) is 76.2. The number of anilines is 6. The van der Waals surface area contributed by atoms with Crippen molar-refractivity contribution in [1.29, 1.82) is 0 Å². The molecule has 0 amide bonds. The number of rotatable bonds is 6. The minimum Gasteiger partial charge on any atom is -0.308 e. The van der Waals surface area contributed by atoms with Gasteiger partial charge in [-0.3, -0.25) is 4.40 Å². The molecule has 0 saturated heterocycles. The molecular weight excluding hydrogens is 899 g/mol. The quantitative estimate of drug-likeness (QED) is 0.166. The van der Waals surface area contributed by atoms with E-state index in [1.807, 2.05) is 0 Å². The zero-order valence-electron chi connectivity index (χ0n) is 42.4. The van der Waals surface area contributed by atoms with Gasteiger partial charge in [0.25, 0.3) is 0 Å². The monoisotopic (exact) mass is 951 g/mol. The molecule has 0 unspecified atom stereocenters. The number of aromatic nitrogens is 3. The lowest BCUT2D eigenvalue weighted by molar-refractivity contribution is 0.591. The Balaban J connectivity index is 1.18. The summed E-state index contributed by atoms with van der Waals surface area (Å²) < 4.78 is 5.11. The van der Waals surface area contributed by atoms with Crippen LogP contribution in [0.3, 0.4) is 0 Å². The molecule has 0 fully saturated rings. The minimum absolute atomic E-state index is 0.125. The van der Waals surface area contributed by atoms with Crippen LogP contribution < -0.4 is 9.80 Å². The van der Waals surface area contributed by atoms with Gasteiger partial charge in [0.2, 0.25) is 0 Å².